The molecular formula is C15H17N3O. The van der Waals surface area contributed by atoms with Crippen LogP contribution in [0.25, 0.3) is 11.0 Å². The van der Waals surface area contributed by atoms with Crippen LogP contribution in [-0.4, -0.2) is 27.2 Å². The van der Waals surface area contributed by atoms with Crippen LogP contribution in [0.2, 0.25) is 0 Å². The smallest absolute Gasteiger partial charge is 0.111 e. The van der Waals surface area contributed by atoms with Crippen molar-refractivity contribution >= 4 is 11.0 Å². The monoisotopic (exact) mass is 255 g/mol. The largest absolute Gasteiger partial charge is 0.383 e. The molecule has 19 heavy (non-hydrogen) atoms. The van der Waals surface area contributed by atoms with Crippen LogP contribution in [-0.2, 0) is 5.60 Å². The second kappa shape index (κ2) is 3.99. The molecule has 2 aliphatic heterocycles. The van der Waals surface area contributed by atoms with Gasteiger partial charge in [0, 0.05) is 12.1 Å². The fraction of sp³-hybridized carbons (Fsp3) is 0.467. The van der Waals surface area contributed by atoms with Gasteiger partial charge < -0.3 is 10.4 Å². The number of hydrogen-bond acceptors (Lipinski definition) is 4. The number of hydrogen-bond donors (Lipinski definition) is 2. The molecule has 0 amide bonds. The quantitative estimate of drug-likeness (QED) is 0.815. The Kier molecular flexibility index (Phi) is 2.37. The normalized spacial score (nSPS) is 33.7. The van der Waals surface area contributed by atoms with Crippen LogP contribution in [0, 0.1) is 0 Å². The average Bonchev–Trinajstić information content (AvgIpc) is 2.78. The molecule has 4 heteroatoms. The number of para-hydroxylation sites is 2. The van der Waals surface area contributed by atoms with Crippen LogP contribution in [0.3, 0.4) is 0 Å². The third-order valence-corrected chi connectivity index (χ3v) is 4.43. The molecule has 2 bridgehead atoms. The third kappa shape index (κ3) is 1.83. The van der Waals surface area contributed by atoms with Gasteiger partial charge in [0.25, 0.3) is 0 Å². The fourth-order valence-corrected chi connectivity index (χ4v) is 3.51. The number of nitrogens with zero attached hydrogens (tertiary/aromatic N) is 2. The second-order valence-corrected chi connectivity index (χ2v) is 5.82. The lowest BCUT2D eigenvalue weighted by Gasteiger charge is -2.36. The van der Waals surface area contributed by atoms with Crippen molar-refractivity contribution in [2.75, 3.05) is 0 Å². The zero-order chi connectivity index (χ0) is 12.9. The molecule has 1 aromatic heterocycles. The van der Waals surface area contributed by atoms with Crippen LogP contribution in [0.4, 0.5) is 0 Å². The van der Waals surface area contributed by atoms with Gasteiger partial charge in [-0.15, -0.1) is 0 Å². The highest BCUT2D eigenvalue weighted by Crippen LogP contribution is 2.39. The summed E-state index contributed by atoms with van der Waals surface area (Å²) in [6.45, 7) is 0. The van der Waals surface area contributed by atoms with E-state index in [2.05, 4.69) is 15.3 Å². The SMILES string of the molecule is OC1(c2cnc3ccccc3n2)CC2CCC(C1)N2. The van der Waals surface area contributed by atoms with Crippen molar-refractivity contribution in [2.24, 2.45) is 0 Å². The lowest BCUT2D eigenvalue weighted by atomic mass is 9.85. The Morgan fingerprint density at radius 1 is 1.11 bits per heavy atom. The molecular weight excluding hydrogens is 238 g/mol. The number of benzene rings is 1. The van der Waals surface area contributed by atoms with Gasteiger partial charge >= 0.3 is 0 Å². The van der Waals surface area contributed by atoms with Crippen LogP contribution in [0.1, 0.15) is 31.4 Å². The molecule has 4 nitrogen and oxygen atoms in total. The van der Waals surface area contributed by atoms with E-state index in [0.717, 1.165) is 42.4 Å². The maximum absolute atomic E-state index is 10.9. The lowest BCUT2D eigenvalue weighted by Crippen LogP contribution is -2.47. The van der Waals surface area contributed by atoms with Crippen molar-refractivity contribution in [2.45, 2.75) is 43.4 Å². The van der Waals surface area contributed by atoms with E-state index in [1.54, 1.807) is 6.20 Å². The van der Waals surface area contributed by atoms with E-state index in [1.165, 1.54) is 0 Å². The summed E-state index contributed by atoms with van der Waals surface area (Å²) in [6, 6.07) is 8.66. The maximum Gasteiger partial charge on any atom is 0.111 e. The Balaban J connectivity index is 1.76. The van der Waals surface area contributed by atoms with Crippen molar-refractivity contribution in [3.05, 3.63) is 36.2 Å². The van der Waals surface area contributed by atoms with E-state index in [-0.39, 0.29) is 0 Å². The molecule has 3 heterocycles. The topological polar surface area (TPSA) is 58.0 Å². The molecule has 1 aromatic carbocycles. The Morgan fingerprint density at radius 3 is 2.53 bits per heavy atom. The molecule has 0 spiro atoms. The van der Waals surface area contributed by atoms with E-state index in [0.29, 0.717) is 12.1 Å². The number of rotatable bonds is 1. The van der Waals surface area contributed by atoms with Gasteiger partial charge in [-0.25, -0.2) is 4.98 Å². The first-order chi connectivity index (χ1) is 9.23. The number of piperidine rings is 1. The summed E-state index contributed by atoms with van der Waals surface area (Å²) in [5.41, 5.74) is 1.66. The molecule has 2 fully saturated rings. The molecule has 2 N–H and O–H groups in total. The van der Waals surface area contributed by atoms with E-state index in [1.807, 2.05) is 24.3 Å². The fourth-order valence-electron chi connectivity index (χ4n) is 3.51. The molecule has 0 radical (unpaired) electrons. The molecule has 0 aliphatic carbocycles. The summed E-state index contributed by atoms with van der Waals surface area (Å²) < 4.78 is 0. The lowest BCUT2D eigenvalue weighted by molar-refractivity contribution is -0.0153. The average molecular weight is 255 g/mol. The van der Waals surface area contributed by atoms with Crippen molar-refractivity contribution in [3.63, 3.8) is 0 Å². The van der Waals surface area contributed by atoms with Crippen molar-refractivity contribution in [1.29, 1.82) is 0 Å². The van der Waals surface area contributed by atoms with Crippen LogP contribution < -0.4 is 5.32 Å². The third-order valence-electron chi connectivity index (χ3n) is 4.43. The summed E-state index contributed by atoms with van der Waals surface area (Å²) >= 11 is 0. The highest BCUT2D eigenvalue weighted by Gasteiger charge is 2.44. The Morgan fingerprint density at radius 2 is 1.79 bits per heavy atom. The van der Waals surface area contributed by atoms with Crippen LogP contribution in [0.15, 0.2) is 30.5 Å². The number of nitrogens with one attached hydrogen (secondary N) is 1. The van der Waals surface area contributed by atoms with E-state index in [4.69, 9.17) is 0 Å². The maximum atomic E-state index is 10.9. The van der Waals surface area contributed by atoms with Gasteiger partial charge in [0.05, 0.1) is 22.9 Å². The zero-order valence-electron chi connectivity index (χ0n) is 10.7. The second-order valence-electron chi connectivity index (χ2n) is 5.82. The number of aliphatic hydroxyl groups is 1. The number of fused-ring (bicyclic) bond motifs is 3. The molecule has 0 saturated carbocycles. The summed E-state index contributed by atoms with van der Waals surface area (Å²) in [5.74, 6) is 0. The standard InChI is InChI=1S/C15H17N3O/c19-15(7-10-5-6-11(8-15)17-10)14-9-16-12-3-1-2-4-13(12)18-14/h1-4,9-11,17,19H,5-8H2. The van der Waals surface area contributed by atoms with Gasteiger partial charge in [0.2, 0.25) is 0 Å². The molecule has 2 aliphatic rings. The van der Waals surface area contributed by atoms with Gasteiger partial charge in [0.1, 0.15) is 5.60 Å². The molecule has 2 aromatic rings. The van der Waals surface area contributed by atoms with Crippen LogP contribution >= 0.6 is 0 Å². The minimum atomic E-state index is -0.811. The van der Waals surface area contributed by atoms with Gasteiger partial charge in [-0.2, -0.15) is 0 Å². The summed E-state index contributed by atoms with van der Waals surface area (Å²) in [5, 5.41) is 14.5. The van der Waals surface area contributed by atoms with Gasteiger partial charge in [-0.1, -0.05) is 12.1 Å². The van der Waals surface area contributed by atoms with Gasteiger partial charge in [-0.05, 0) is 37.8 Å². The molecule has 2 saturated heterocycles. The summed E-state index contributed by atoms with van der Waals surface area (Å²) in [7, 11) is 0. The first-order valence-electron chi connectivity index (χ1n) is 6.94. The number of aromatic nitrogens is 2. The van der Waals surface area contributed by atoms with E-state index in [9.17, 15) is 5.11 Å². The Bertz CT molecular complexity index is 616. The zero-order valence-corrected chi connectivity index (χ0v) is 10.7. The molecule has 98 valence electrons. The minimum absolute atomic E-state index is 0.428. The van der Waals surface area contributed by atoms with Gasteiger partial charge in [0.15, 0.2) is 0 Å². The molecule has 4 rings (SSSR count). The highest BCUT2D eigenvalue weighted by molar-refractivity contribution is 5.73. The summed E-state index contributed by atoms with van der Waals surface area (Å²) in [6.07, 6.45) is 5.56. The first kappa shape index (κ1) is 11.3. The Labute approximate surface area is 111 Å². The predicted molar refractivity (Wildman–Crippen MR) is 72.6 cm³/mol. The van der Waals surface area contributed by atoms with Crippen molar-refractivity contribution in [1.82, 2.24) is 15.3 Å². The highest BCUT2D eigenvalue weighted by atomic mass is 16.3. The van der Waals surface area contributed by atoms with Crippen molar-refractivity contribution in [3.8, 4) is 0 Å². The predicted octanol–water partition coefficient (Wildman–Crippen LogP) is 1.73. The molecule has 2 unspecified atom stereocenters. The molecule has 2 atom stereocenters. The Hall–Kier alpha value is -1.52. The minimum Gasteiger partial charge on any atom is -0.383 e. The summed E-state index contributed by atoms with van der Waals surface area (Å²) in [4.78, 5) is 9.06. The van der Waals surface area contributed by atoms with Crippen molar-refractivity contribution < 1.29 is 5.11 Å². The van der Waals surface area contributed by atoms with Gasteiger partial charge in [-0.3, -0.25) is 4.98 Å². The first-order valence-corrected chi connectivity index (χ1v) is 6.94. The van der Waals surface area contributed by atoms with Crippen LogP contribution in [0.5, 0.6) is 0 Å². The van der Waals surface area contributed by atoms with E-state index < -0.39 is 5.60 Å². The van der Waals surface area contributed by atoms with E-state index >= 15 is 0 Å².